The molecule has 2 atom stereocenters. The van der Waals surface area contributed by atoms with E-state index in [1.165, 1.54) is 17.0 Å². The van der Waals surface area contributed by atoms with Crippen LogP contribution in [-0.4, -0.2) is 57.0 Å². The van der Waals surface area contributed by atoms with Gasteiger partial charge < -0.3 is 19.7 Å². The lowest BCUT2D eigenvalue weighted by atomic mass is 10.0. The number of nitrogens with one attached hydrogen (secondary N) is 1. The van der Waals surface area contributed by atoms with Crippen LogP contribution in [0.3, 0.4) is 0 Å². The number of hydrogen-bond acceptors (Lipinski definition) is 6. The summed E-state index contributed by atoms with van der Waals surface area (Å²) in [5, 5.41) is 3.05. The summed E-state index contributed by atoms with van der Waals surface area (Å²) in [4.78, 5) is 30.1. The maximum Gasteiger partial charge on any atom is 0.264 e. The molecule has 0 aromatic heterocycles. The van der Waals surface area contributed by atoms with Crippen molar-refractivity contribution in [1.29, 1.82) is 0 Å². The molecule has 2 amide bonds. The van der Waals surface area contributed by atoms with Crippen molar-refractivity contribution in [3.8, 4) is 11.5 Å². The first-order valence-electron chi connectivity index (χ1n) is 15.5. The Balaban J connectivity index is 1.58. The summed E-state index contributed by atoms with van der Waals surface area (Å²) >= 11 is 3.46. The van der Waals surface area contributed by atoms with Crippen LogP contribution < -0.4 is 19.1 Å². The minimum Gasteiger partial charge on any atom is -0.486 e. The average Bonchev–Trinajstić information content (AvgIpc) is 3.09. The zero-order valence-corrected chi connectivity index (χ0v) is 28.7. The Morgan fingerprint density at radius 3 is 2.15 bits per heavy atom. The number of rotatable bonds is 13. The van der Waals surface area contributed by atoms with Gasteiger partial charge in [-0.2, -0.15) is 0 Å². The van der Waals surface area contributed by atoms with E-state index >= 15 is 0 Å². The molecule has 1 heterocycles. The molecular weight excluding hydrogens is 682 g/mol. The highest BCUT2D eigenvalue weighted by atomic mass is 79.9. The molecule has 0 saturated carbocycles. The number of amides is 2. The molecule has 11 heteroatoms. The van der Waals surface area contributed by atoms with E-state index < -0.39 is 28.5 Å². The Bertz CT molecular complexity index is 1770. The number of anilines is 1. The summed E-state index contributed by atoms with van der Waals surface area (Å²) in [7, 11) is -4.23. The molecule has 9 nitrogen and oxygen atoms in total. The van der Waals surface area contributed by atoms with E-state index in [1.807, 2.05) is 68.4 Å². The molecule has 1 aliphatic heterocycles. The largest absolute Gasteiger partial charge is 0.486 e. The molecular formula is C36H38BrN3O6S. The van der Waals surface area contributed by atoms with E-state index in [4.69, 9.17) is 9.47 Å². The van der Waals surface area contributed by atoms with Crippen molar-refractivity contribution in [2.24, 2.45) is 0 Å². The number of carbonyl (C=O) groups excluding carboxylic acids is 2. The third kappa shape index (κ3) is 8.52. The molecule has 1 aliphatic rings. The summed E-state index contributed by atoms with van der Waals surface area (Å²) in [5.41, 5.74) is 1.89. The Morgan fingerprint density at radius 1 is 0.851 bits per heavy atom. The quantitative estimate of drug-likeness (QED) is 0.183. The molecule has 4 aromatic carbocycles. The molecule has 4 aromatic rings. The monoisotopic (exact) mass is 719 g/mol. The normalized spacial score (nSPS) is 13.7. The molecule has 1 N–H and O–H groups in total. The fourth-order valence-electron chi connectivity index (χ4n) is 5.22. The van der Waals surface area contributed by atoms with Gasteiger partial charge in [0.1, 0.15) is 25.8 Å². The third-order valence-corrected chi connectivity index (χ3v) is 10.3. The van der Waals surface area contributed by atoms with E-state index in [2.05, 4.69) is 21.2 Å². The molecule has 47 heavy (non-hydrogen) atoms. The smallest absolute Gasteiger partial charge is 0.264 e. The van der Waals surface area contributed by atoms with E-state index in [1.54, 1.807) is 36.4 Å². The number of ether oxygens (including phenoxy) is 2. The number of benzene rings is 4. The fourth-order valence-corrected chi connectivity index (χ4v) is 6.91. The Kier molecular flexibility index (Phi) is 11.2. The summed E-state index contributed by atoms with van der Waals surface area (Å²) < 4.78 is 41.8. The maximum absolute atomic E-state index is 14.6. The summed E-state index contributed by atoms with van der Waals surface area (Å²) in [6.07, 6.45) is 0.943. The van der Waals surface area contributed by atoms with Gasteiger partial charge >= 0.3 is 0 Å². The van der Waals surface area contributed by atoms with Crippen LogP contribution in [0.1, 0.15) is 31.4 Å². The van der Waals surface area contributed by atoms with E-state index in [-0.39, 0.29) is 35.5 Å². The van der Waals surface area contributed by atoms with Gasteiger partial charge in [0.25, 0.3) is 10.0 Å². The predicted octanol–water partition coefficient (Wildman–Crippen LogP) is 5.97. The first-order chi connectivity index (χ1) is 22.7. The van der Waals surface area contributed by atoms with Gasteiger partial charge in [0.05, 0.1) is 10.6 Å². The molecule has 246 valence electrons. The first kappa shape index (κ1) is 34.0. The van der Waals surface area contributed by atoms with Crippen molar-refractivity contribution >= 4 is 43.5 Å². The Morgan fingerprint density at radius 2 is 1.49 bits per heavy atom. The maximum atomic E-state index is 14.6. The van der Waals surface area contributed by atoms with Crippen LogP contribution in [0.25, 0.3) is 0 Å². The van der Waals surface area contributed by atoms with Crippen molar-refractivity contribution in [2.75, 3.05) is 24.1 Å². The zero-order valence-electron chi connectivity index (χ0n) is 26.3. The van der Waals surface area contributed by atoms with Crippen molar-refractivity contribution in [2.45, 2.75) is 50.2 Å². The van der Waals surface area contributed by atoms with Crippen LogP contribution in [0.15, 0.2) is 112 Å². The van der Waals surface area contributed by atoms with Crippen molar-refractivity contribution < 1.29 is 27.5 Å². The highest BCUT2D eigenvalue weighted by molar-refractivity contribution is 9.10. The van der Waals surface area contributed by atoms with Gasteiger partial charge in [-0.15, -0.1) is 0 Å². The van der Waals surface area contributed by atoms with Gasteiger partial charge in [0, 0.05) is 29.5 Å². The summed E-state index contributed by atoms with van der Waals surface area (Å²) in [5.74, 6) is 0.0222. The minimum absolute atomic E-state index is 0.0255. The van der Waals surface area contributed by atoms with Crippen LogP contribution >= 0.6 is 15.9 Å². The lowest BCUT2D eigenvalue weighted by Gasteiger charge is -2.34. The van der Waals surface area contributed by atoms with Crippen molar-refractivity contribution in [3.05, 3.63) is 119 Å². The molecule has 0 saturated heterocycles. The molecule has 0 radical (unpaired) electrons. The van der Waals surface area contributed by atoms with Crippen molar-refractivity contribution in [3.63, 3.8) is 0 Å². The Hall–Kier alpha value is -4.35. The van der Waals surface area contributed by atoms with Crippen molar-refractivity contribution in [1.82, 2.24) is 10.2 Å². The fraction of sp³-hybridized carbons (Fsp3) is 0.278. The van der Waals surface area contributed by atoms with E-state index in [0.717, 1.165) is 19.9 Å². The molecule has 0 bridgehead atoms. The second-order valence-corrected chi connectivity index (χ2v) is 14.1. The van der Waals surface area contributed by atoms with Crippen LogP contribution in [0.2, 0.25) is 0 Å². The van der Waals surface area contributed by atoms with Crippen LogP contribution in [0.4, 0.5) is 5.69 Å². The van der Waals surface area contributed by atoms with Gasteiger partial charge in [0.2, 0.25) is 11.8 Å². The second kappa shape index (κ2) is 15.5. The lowest BCUT2D eigenvalue weighted by molar-refractivity contribution is -0.140. The number of fused-ring (bicyclic) bond motifs is 1. The second-order valence-electron chi connectivity index (χ2n) is 11.3. The first-order valence-corrected chi connectivity index (χ1v) is 17.7. The Labute approximate surface area is 284 Å². The van der Waals surface area contributed by atoms with E-state index in [9.17, 15) is 18.0 Å². The molecule has 0 aliphatic carbocycles. The number of nitrogens with zero attached hydrogens (tertiary/aromatic N) is 2. The SMILES string of the molecule is CC[C@H](C)NC(=O)[C@H](Cc1ccccc1)N(Cc1ccc(Br)cc1)C(=O)CN(c1ccc2c(c1)OCCO2)S(=O)(=O)c1ccccc1. The van der Waals surface area contributed by atoms with Crippen LogP contribution in [0.5, 0.6) is 11.5 Å². The highest BCUT2D eigenvalue weighted by Gasteiger charge is 2.35. The molecule has 0 fully saturated rings. The lowest BCUT2D eigenvalue weighted by Crippen LogP contribution is -2.54. The summed E-state index contributed by atoms with van der Waals surface area (Å²) in [6, 6.07) is 28.7. The predicted molar refractivity (Wildman–Crippen MR) is 185 cm³/mol. The number of sulfonamides is 1. The van der Waals surface area contributed by atoms with Gasteiger partial charge in [-0.05, 0) is 60.9 Å². The highest BCUT2D eigenvalue weighted by Crippen LogP contribution is 2.36. The average molecular weight is 721 g/mol. The van der Waals surface area contributed by atoms with Gasteiger partial charge in [-0.25, -0.2) is 8.42 Å². The molecule has 0 unspecified atom stereocenters. The number of carbonyl (C=O) groups is 2. The minimum atomic E-state index is -4.23. The zero-order chi connectivity index (χ0) is 33.4. The molecule has 0 spiro atoms. The van der Waals surface area contributed by atoms with Gasteiger partial charge in [0.15, 0.2) is 11.5 Å². The van der Waals surface area contributed by atoms with Crippen LogP contribution in [-0.2, 0) is 32.6 Å². The van der Waals surface area contributed by atoms with Crippen LogP contribution in [0, 0.1) is 0 Å². The molecule has 5 rings (SSSR count). The van der Waals surface area contributed by atoms with E-state index in [0.29, 0.717) is 31.1 Å². The van der Waals surface area contributed by atoms with Gasteiger partial charge in [-0.3, -0.25) is 13.9 Å². The summed E-state index contributed by atoms with van der Waals surface area (Å²) in [6.45, 7) is 4.10. The number of hydrogen-bond donors (Lipinski definition) is 1. The standard InChI is InChI=1S/C36H38BrN3O6S/c1-3-26(2)38-36(42)32(22-27-10-6-4-7-11-27)39(24-28-14-16-29(37)17-15-28)35(41)25-40(47(43,44)31-12-8-5-9-13-31)30-18-19-33-34(23-30)46-21-20-45-33/h4-19,23,26,32H,3,20-22,24-25H2,1-2H3,(H,38,42)/t26-,32-/m0/s1. The van der Waals surface area contributed by atoms with Gasteiger partial charge in [-0.1, -0.05) is 83.5 Å². The third-order valence-electron chi connectivity index (χ3n) is 7.96. The topological polar surface area (TPSA) is 105 Å². The number of halogens is 1.